The van der Waals surface area contributed by atoms with Crippen LogP contribution in [-0.4, -0.2) is 15.3 Å². The molecule has 0 aromatic carbocycles. The van der Waals surface area contributed by atoms with Gasteiger partial charge in [0.1, 0.15) is 5.69 Å². The minimum absolute atomic E-state index is 0.0856. The number of alkyl halides is 1. The van der Waals surface area contributed by atoms with Gasteiger partial charge in [0.2, 0.25) is 0 Å². The summed E-state index contributed by atoms with van der Waals surface area (Å²) in [5.74, 6) is 0. The Morgan fingerprint density at radius 3 is 2.59 bits per heavy atom. The maximum Gasteiger partial charge on any atom is 0.293 e. The van der Waals surface area contributed by atoms with Crippen molar-refractivity contribution in [3.05, 3.63) is 33.6 Å². The first-order chi connectivity index (χ1) is 7.73. The first kappa shape index (κ1) is 13.9. The predicted molar refractivity (Wildman–Crippen MR) is 68.4 cm³/mol. The highest BCUT2D eigenvalue weighted by Gasteiger charge is 2.27. The van der Waals surface area contributed by atoms with Gasteiger partial charge in [-0.1, -0.05) is 20.8 Å². The second kappa shape index (κ2) is 5.00. The van der Waals surface area contributed by atoms with Gasteiger partial charge in [-0.05, 0) is 18.4 Å². The van der Waals surface area contributed by atoms with Crippen LogP contribution < -0.4 is 0 Å². The molecule has 4 nitrogen and oxygen atoms in total. The molecule has 0 N–H and O–H groups in total. The predicted octanol–water partition coefficient (Wildman–Crippen LogP) is 3.49. The zero-order chi connectivity index (χ0) is 13.2. The van der Waals surface area contributed by atoms with E-state index in [0.717, 1.165) is 0 Å². The molecule has 17 heavy (non-hydrogen) atoms. The second-order valence-corrected chi connectivity index (χ2v) is 5.74. The molecule has 0 fully saturated rings. The summed E-state index contributed by atoms with van der Waals surface area (Å²) in [5, 5.41) is 10.8. The van der Waals surface area contributed by atoms with Crippen LogP contribution >= 0.6 is 11.6 Å². The minimum Gasteiger partial charge on any atom is -0.258 e. The van der Waals surface area contributed by atoms with Crippen molar-refractivity contribution in [2.45, 2.75) is 39.5 Å². The lowest BCUT2D eigenvalue weighted by Crippen LogP contribution is -2.23. The van der Waals surface area contributed by atoms with Crippen LogP contribution in [0.4, 0.5) is 5.69 Å². The molecule has 0 spiro atoms. The summed E-state index contributed by atoms with van der Waals surface area (Å²) in [7, 11) is 0. The molecule has 5 heteroatoms. The van der Waals surface area contributed by atoms with Crippen molar-refractivity contribution >= 4 is 17.3 Å². The van der Waals surface area contributed by atoms with E-state index in [1.807, 2.05) is 20.8 Å². The Kier molecular flexibility index (Phi) is 4.09. The zero-order valence-electron chi connectivity index (χ0n) is 10.5. The SMILES string of the molecule is Cc1ccnc(CC(Cl)C(C)(C)C)c1[N+](=O)[O-]. The molecular formula is C12H17ClN2O2. The summed E-state index contributed by atoms with van der Waals surface area (Å²) < 4.78 is 0. The van der Waals surface area contributed by atoms with Crippen LogP contribution in [-0.2, 0) is 6.42 Å². The van der Waals surface area contributed by atoms with Crippen molar-refractivity contribution < 1.29 is 4.92 Å². The molecule has 0 amide bonds. The molecular weight excluding hydrogens is 240 g/mol. The van der Waals surface area contributed by atoms with Crippen LogP contribution in [0.1, 0.15) is 32.0 Å². The normalized spacial score (nSPS) is 13.5. The summed E-state index contributed by atoms with van der Waals surface area (Å²) in [6.45, 7) is 7.73. The highest BCUT2D eigenvalue weighted by molar-refractivity contribution is 6.21. The van der Waals surface area contributed by atoms with Crippen LogP contribution in [0.3, 0.4) is 0 Å². The molecule has 0 saturated heterocycles. The number of hydrogen-bond acceptors (Lipinski definition) is 3. The van der Waals surface area contributed by atoms with Gasteiger partial charge in [-0.25, -0.2) is 0 Å². The van der Waals surface area contributed by atoms with E-state index in [2.05, 4.69) is 4.98 Å². The van der Waals surface area contributed by atoms with E-state index in [-0.39, 0.29) is 21.4 Å². The van der Waals surface area contributed by atoms with Gasteiger partial charge in [-0.3, -0.25) is 15.1 Å². The van der Waals surface area contributed by atoms with E-state index in [9.17, 15) is 10.1 Å². The van der Waals surface area contributed by atoms with Crippen molar-refractivity contribution in [3.63, 3.8) is 0 Å². The molecule has 0 aliphatic carbocycles. The Bertz CT molecular complexity index is 427. The largest absolute Gasteiger partial charge is 0.293 e. The lowest BCUT2D eigenvalue weighted by Gasteiger charge is -2.24. The smallest absolute Gasteiger partial charge is 0.258 e. The minimum atomic E-state index is -0.385. The van der Waals surface area contributed by atoms with Crippen LogP contribution in [0.25, 0.3) is 0 Å². The van der Waals surface area contributed by atoms with Gasteiger partial charge < -0.3 is 0 Å². The van der Waals surface area contributed by atoms with Crippen LogP contribution in [0.2, 0.25) is 0 Å². The maximum absolute atomic E-state index is 11.0. The monoisotopic (exact) mass is 256 g/mol. The highest BCUT2D eigenvalue weighted by atomic mass is 35.5. The zero-order valence-corrected chi connectivity index (χ0v) is 11.3. The molecule has 0 saturated carbocycles. The Labute approximate surface area is 106 Å². The van der Waals surface area contributed by atoms with Gasteiger partial charge in [-0.15, -0.1) is 11.6 Å². The first-order valence-electron chi connectivity index (χ1n) is 5.46. The molecule has 1 aromatic rings. The van der Waals surface area contributed by atoms with Gasteiger partial charge >= 0.3 is 0 Å². The van der Waals surface area contributed by atoms with Gasteiger partial charge in [0.25, 0.3) is 5.69 Å². The van der Waals surface area contributed by atoms with E-state index >= 15 is 0 Å². The molecule has 0 bridgehead atoms. The number of nitro groups is 1. The number of pyridine rings is 1. The summed E-state index contributed by atoms with van der Waals surface area (Å²) in [6.07, 6.45) is 1.99. The third kappa shape index (κ3) is 3.40. The molecule has 1 heterocycles. The molecule has 0 aliphatic heterocycles. The fraction of sp³-hybridized carbons (Fsp3) is 0.583. The number of nitrogens with zero attached hydrogens (tertiary/aromatic N) is 2. The number of aromatic nitrogens is 1. The third-order valence-electron chi connectivity index (χ3n) is 2.70. The molecule has 1 aromatic heterocycles. The third-order valence-corrected chi connectivity index (χ3v) is 3.51. The number of aryl methyl sites for hydroxylation is 1. The number of halogens is 1. The number of rotatable bonds is 3. The van der Waals surface area contributed by atoms with Gasteiger partial charge in [0.05, 0.1) is 4.92 Å². The van der Waals surface area contributed by atoms with Crippen LogP contribution in [0.5, 0.6) is 0 Å². The van der Waals surface area contributed by atoms with E-state index in [0.29, 0.717) is 17.7 Å². The lowest BCUT2D eigenvalue weighted by molar-refractivity contribution is -0.386. The number of hydrogen-bond donors (Lipinski definition) is 0. The standard InChI is InChI=1S/C12H17ClN2O2/c1-8-5-6-14-9(11(8)15(16)17)7-10(13)12(2,3)4/h5-6,10H,7H2,1-4H3. The summed E-state index contributed by atoms with van der Waals surface area (Å²) in [6, 6.07) is 1.64. The summed E-state index contributed by atoms with van der Waals surface area (Å²) >= 11 is 6.26. The van der Waals surface area contributed by atoms with Crippen molar-refractivity contribution in [1.29, 1.82) is 0 Å². The average Bonchev–Trinajstić information content (AvgIpc) is 2.15. The molecule has 1 unspecified atom stereocenters. The second-order valence-electron chi connectivity index (χ2n) is 5.22. The fourth-order valence-electron chi connectivity index (χ4n) is 1.48. The fourth-order valence-corrected chi connectivity index (χ4v) is 1.63. The van der Waals surface area contributed by atoms with E-state index in [4.69, 9.17) is 11.6 Å². The van der Waals surface area contributed by atoms with Crippen molar-refractivity contribution in [3.8, 4) is 0 Å². The summed E-state index contributed by atoms with van der Waals surface area (Å²) in [5.41, 5.74) is 1.06. The summed E-state index contributed by atoms with van der Waals surface area (Å²) in [4.78, 5) is 14.7. The highest BCUT2D eigenvalue weighted by Crippen LogP contribution is 2.30. The van der Waals surface area contributed by atoms with Crippen LogP contribution in [0, 0.1) is 22.5 Å². The maximum atomic E-state index is 11.0. The average molecular weight is 257 g/mol. The Balaban J connectivity index is 3.07. The van der Waals surface area contributed by atoms with E-state index in [1.165, 1.54) is 0 Å². The van der Waals surface area contributed by atoms with Crippen molar-refractivity contribution in [1.82, 2.24) is 4.98 Å². The van der Waals surface area contributed by atoms with Crippen molar-refractivity contribution in [2.24, 2.45) is 5.41 Å². The molecule has 94 valence electrons. The topological polar surface area (TPSA) is 56.0 Å². The molecule has 0 radical (unpaired) electrons. The first-order valence-corrected chi connectivity index (χ1v) is 5.90. The quantitative estimate of drug-likeness (QED) is 0.473. The van der Waals surface area contributed by atoms with E-state index in [1.54, 1.807) is 19.2 Å². The molecule has 1 rings (SSSR count). The lowest BCUT2D eigenvalue weighted by atomic mass is 9.88. The Hall–Kier alpha value is -1.16. The van der Waals surface area contributed by atoms with Gasteiger partial charge in [0.15, 0.2) is 0 Å². The molecule has 1 atom stereocenters. The van der Waals surface area contributed by atoms with Gasteiger partial charge in [-0.2, -0.15) is 0 Å². The van der Waals surface area contributed by atoms with Gasteiger partial charge in [0, 0.05) is 23.6 Å². The van der Waals surface area contributed by atoms with Crippen LogP contribution in [0.15, 0.2) is 12.3 Å². The molecule has 0 aliphatic rings. The van der Waals surface area contributed by atoms with Crippen molar-refractivity contribution in [2.75, 3.05) is 0 Å². The van der Waals surface area contributed by atoms with E-state index < -0.39 is 0 Å². The Morgan fingerprint density at radius 1 is 1.53 bits per heavy atom. The Morgan fingerprint density at radius 2 is 2.12 bits per heavy atom.